The fraction of sp³-hybridized carbons (Fsp3) is 0.462. The van der Waals surface area contributed by atoms with E-state index in [4.69, 9.17) is 21.1 Å². The Morgan fingerprint density at radius 2 is 2.32 bits per heavy atom. The Morgan fingerprint density at radius 1 is 1.58 bits per heavy atom. The van der Waals surface area contributed by atoms with Crippen molar-refractivity contribution in [3.05, 3.63) is 34.6 Å². The molecule has 19 heavy (non-hydrogen) atoms. The van der Waals surface area contributed by atoms with Crippen molar-refractivity contribution in [2.24, 2.45) is 0 Å². The number of amides is 1. The number of carbonyl (C=O) groups excluding carboxylic acids is 1. The summed E-state index contributed by atoms with van der Waals surface area (Å²) in [6, 6.07) is 4.11. The summed E-state index contributed by atoms with van der Waals surface area (Å²) in [5.74, 6) is -1.68. The minimum atomic E-state index is -0.633. The summed E-state index contributed by atoms with van der Waals surface area (Å²) in [5.41, 5.74) is 0.111. The summed E-state index contributed by atoms with van der Waals surface area (Å²) < 4.78 is 24.1. The molecular formula is C13H15ClFNO3. The number of halogens is 2. The molecule has 0 radical (unpaired) electrons. The average molecular weight is 288 g/mol. The van der Waals surface area contributed by atoms with Gasteiger partial charge in [0.1, 0.15) is 11.9 Å². The number of benzene rings is 1. The average Bonchev–Trinajstić information content (AvgIpc) is 2.69. The van der Waals surface area contributed by atoms with E-state index in [9.17, 15) is 9.18 Å². The Hall–Kier alpha value is -1.17. The van der Waals surface area contributed by atoms with Crippen LogP contribution in [0.2, 0.25) is 5.02 Å². The fourth-order valence-corrected chi connectivity index (χ4v) is 2.06. The van der Waals surface area contributed by atoms with E-state index in [1.54, 1.807) is 13.8 Å². The first-order valence-electron chi connectivity index (χ1n) is 5.93. The van der Waals surface area contributed by atoms with Crippen LogP contribution < -0.4 is 5.32 Å². The molecule has 104 valence electrons. The third kappa shape index (κ3) is 3.43. The summed E-state index contributed by atoms with van der Waals surface area (Å²) in [5, 5.41) is 2.47. The molecule has 6 heteroatoms. The number of hydrogen-bond acceptors (Lipinski definition) is 3. The molecule has 0 aliphatic carbocycles. The molecule has 0 saturated carbocycles. The monoisotopic (exact) mass is 287 g/mol. The van der Waals surface area contributed by atoms with Gasteiger partial charge in [0.2, 0.25) is 0 Å². The highest BCUT2D eigenvalue weighted by atomic mass is 35.5. The molecule has 1 amide bonds. The molecule has 1 N–H and O–H groups in total. The first-order valence-corrected chi connectivity index (χ1v) is 6.31. The minimum absolute atomic E-state index is 0.111. The second kappa shape index (κ2) is 5.45. The zero-order valence-electron chi connectivity index (χ0n) is 10.7. The lowest BCUT2D eigenvalue weighted by Gasteiger charge is -2.17. The van der Waals surface area contributed by atoms with Gasteiger partial charge in [0.05, 0.1) is 17.2 Å². The van der Waals surface area contributed by atoms with E-state index in [2.05, 4.69) is 5.32 Å². The Kier molecular flexibility index (Phi) is 4.08. The summed E-state index contributed by atoms with van der Waals surface area (Å²) in [7, 11) is 0. The highest BCUT2D eigenvalue weighted by molar-refractivity contribution is 6.34. The quantitative estimate of drug-likeness (QED) is 0.928. The molecule has 1 atom stereocenters. The van der Waals surface area contributed by atoms with Gasteiger partial charge in [-0.3, -0.25) is 4.79 Å². The van der Waals surface area contributed by atoms with E-state index in [-0.39, 0.29) is 23.2 Å². The number of hydrogen-bond donors (Lipinski definition) is 1. The number of ether oxygens (including phenoxy) is 2. The third-order valence-corrected chi connectivity index (χ3v) is 3.14. The molecule has 4 nitrogen and oxygen atoms in total. The maximum absolute atomic E-state index is 13.2. The molecule has 1 aliphatic rings. The van der Waals surface area contributed by atoms with Gasteiger partial charge >= 0.3 is 0 Å². The van der Waals surface area contributed by atoms with Crippen molar-refractivity contribution in [2.75, 3.05) is 13.2 Å². The molecule has 1 unspecified atom stereocenters. The van der Waals surface area contributed by atoms with Gasteiger partial charge in [0, 0.05) is 6.54 Å². The van der Waals surface area contributed by atoms with Crippen molar-refractivity contribution in [2.45, 2.75) is 25.7 Å². The molecule has 1 saturated heterocycles. The Bertz CT molecular complexity index is 493. The third-order valence-electron chi connectivity index (χ3n) is 2.75. The lowest BCUT2D eigenvalue weighted by molar-refractivity contribution is -0.137. The highest BCUT2D eigenvalue weighted by Crippen LogP contribution is 2.22. The van der Waals surface area contributed by atoms with Gasteiger partial charge in [-0.2, -0.15) is 0 Å². The summed E-state index contributed by atoms with van der Waals surface area (Å²) in [6.07, 6.45) is -0.216. The van der Waals surface area contributed by atoms with E-state index >= 15 is 0 Å². The van der Waals surface area contributed by atoms with E-state index in [0.717, 1.165) is 0 Å². The van der Waals surface area contributed by atoms with Crippen LogP contribution >= 0.6 is 11.6 Å². The van der Waals surface area contributed by atoms with E-state index in [1.807, 2.05) is 0 Å². The van der Waals surface area contributed by atoms with Gasteiger partial charge in [-0.1, -0.05) is 17.7 Å². The van der Waals surface area contributed by atoms with Crippen LogP contribution in [0.4, 0.5) is 4.39 Å². The highest BCUT2D eigenvalue weighted by Gasteiger charge is 2.32. The van der Waals surface area contributed by atoms with Gasteiger partial charge < -0.3 is 14.8 Å². The Labute approximate surface area is 115 Å². The standard InChI is InChI=1S/C13H15ClFNO3/c1-13(2)18-7-8(19-13)6-16-12(17)9-4-3-5-10(15)11(9)14/h3-5,8H,6-7H2,1-2H3,(H,16,17). The molecule has 0 bridgehead atoms. The second-order valence-electron chi connectivity index (χ2n) is 4.76. The predicted molar refractivity (Wildman–Crippen MR) is 68.6 cm³/mol. The van der Waals surface area contributed by atoms with Crippen molar-refractivity contribution in [3.8, 4) is 0 Å². The lowest BCUT2D eigenvalue weighted by Crippen LogP contribution is -2.34. The van der Waals surface area contributed by atoms with Gasteiger partial charge in [-0.05, 0) is 26.0 Å². The molecule has 0 aromatic heterocycles. The smallest absolute Gasteiger partial charge is 0.252 e. The van der Waals surface area contributed by atoms with E-state index in [1.165, 1.54) is 18.2 Å². The Balaban J connectivity index is 1.93. The van der Waals surface area contributed by atoms with Crippen LogP contribution in [-0.4, -0.2) is 30.9 Å². The molecular weight excluding hydrogens is 273 g/mol. The minimum Gasteiger partial charge on any atom is -0.349 e. The van der Waals surface area contributed by atoms with Crippen molar-refractivity contribution in [3.63, 3.8) is 0 Å². The Morgan fingerprint density at radius 3 is 2.95 bits per heavy atom. The zero-order valence-corrected chi connectivity index (χ0v) is 11.5. The molecule has 1 aromatic rings. The fourth-order valence-electron chi connectivity index (χ4n) is 1.84. The molecule has 1 fully saturated rings. The first-order chi connectivity index (χ1) is 8.89. The van der Waals surface area contributed by atoms with Crippen molar-refractivity contribution in [1.82, 2.24) is 5.32 Å². The van der Waals surface area contributed by atoms with Crippen LogP contribution in [0.15, 0.2) is 18.2 Å². The van der Waals surface area contributed by atoms with Gasteiger partial charge in [0.25, 0.3) is 5.91 Å². The van der Waals surface area contributed by atoms with Crippen molar-refractivity contribution in [1.29, 1.82) is 0 Å². The van der Waals surface area contributed by atoms with Crippen LogP contribution in [0, 0.1) is 5.82 Å². The molecule has 1 heterocycles. The van der Waals surface area contributed by atoms with Gasteiger partial charge in [-0.15, -0.1) is 0 Å². The summed E-state index contributed by atoms with van der Waals surface area (Å²) in [4.78, 5) is 11.9. The van der Waals surface area contributed by atoms with Crippen LogP contribution in [0.3, 0.4) is 0 Å². The summed E-state index contributed by atoms with van der Waals surface area (Å²) >= 11 is 5.74. The molecule has 2 rings (SSSR count). The first kappa shape index (κ1) is 14.2. The topological polar surface area (TPSA) is 47.6 Å². The van der Waals surface area contributed by atoms with Crippen molar-refractivity contribution < 1.29 is 18.7 Å². The number of rotatable bonds is 3. The molecule has 0 spiro atoms. The normalized spacial score (nSPS) is 21.4. The van der Waals surface area contributed by atoms with Gasteiger partial charge in [0.15, 0.2) is 5.79 Å². The second-order valence-corrected chi connectivity index (χ2v) is 5.14. The van der Waals surface area contributed by atoms with E-state index < -0.39 is 17.5 Å². The summed E-state index contributed by atoms with van der Waals surface area (Å²) in [6.45, 7) is 4.30. The molecule has 1 aromatic carbocycles. The molecule has 1 aliphatic heterocycles. The maximum atomic E-state index is 13.2. The van der Waals surface area contributed by atoms with Crippen molar-refractivity contribution >= 4 is 17.5 Å². The number of carbonyl (C=O) groups is 1. The zero-order chi connectivity index (χ0) is 14.0. The number of nitrogens with one attached hydrogen (secondary N) is 1. The largest absolute Gasteiger partial charge is 0.349 e. The van der Waals surface area contributed by atoms with Crippen LogP contribution in [0.1, 0.15) is 24.2 Å². The van der Waals surface area contributed by atoms with Gasteiger partial charge in [-0.25, -0.2) is 4.39 Å². The lowest BCUT2D eigenvalue weighted by atomic mass is 10.2. The van der Waals surface area contributed by atoms with Crippen LogP contribution in [-0.2, 0) is 9.47 Å². The predicted octanol–water partition coefficient (Wildman–Crippen LogP) is 2.36. The SMILES string of the molecule is CC1(C)OCC(CNC(=O)c2cccc(F)c2Cl)O1. The van der Waals surface area contributed by atoms with Crippen LogP contribution in [0.25, 0.3) is 0 Å². The van der Waals surface area contributed by atoms with E-state index in [0.29, 0.717) is 6.61 Å². The maximum Gasteiger partial charge on any atom is 0.252 e. The van der Waals surface area contributed by atoms with Crippen LogP contribution in [0.5, 0.6) is 0 Å².